The molecular weight excluding hydrogens is 234 g/mol. The van der Waals surface area contributed by atoms with Crippen LogP contribution in [0.15, 0.2) is 12.1 Å². The molecule has 17 heavy (non-hydrogen) atoms. The largest absolute Gasteiger partial charge is 0.347 e. The fraction of sp³-hybridized carbons (Fsp3) is 0.357. The number of aryl methyl sites for hydroxylation is 2. The minimum Gasteiger partial charge on any atom is -0.347 e. The molecule has 0 bridgehead atoms. The van der Waals surface area contributed by atoms with Gasteiger partial charge in [-0.15, -0.1) is 0 Å². The monoisotopic (exact) mass is 249 g/mol. The van der Waals surface area contributed by atoms with Gasteiger partial charge in [0.2, 0.25) is 0 Å². The van der Waals surface area contributed by atoms with E-state index in [2.05, 4.69) is 4.57 Å². The van der Waals surface area contributed by atoms with Gasteiger partial charge in [-0.2, -0.15) is 0 Å². The fourth-order valence-corrected chi connectivity index (χ4v) is 2.54. The van der Waals surface area contributed by atoms with Crippen molar-refractivity contribution >= 4 is 28.3 Å². The van der Waals surface area contributed by atoms with Crippen LogP contribution in [0.4, 0.5) is 0 Å². The van der Waals surface area contributed by atoms with Gasteiger partial charge in [-0.3, -0.25) is 4.79 Å². The number of hydrogen-bond acceptors (Lipinski definition) is 1. The van der Waals surface area contributed by atoms with Crippen LogP contribution in [0.2, 0.25) is 5.02 Å². The van der Waals surface area contributed by atoms with Crippen LogP contribution in [0.1, 0.15) is 23.7 Å². The van der Waals surface area contributed by atoms with E-state index in [0.29, 0.717) is 6.42 Å². The van der Waals surface area contributed by atoms with Gasteiger partial charge in [0.15, 0.2) is 0 Å². The Kier molecular flexibility index (Phi) is 3.00. The van der Waals surface area contributed by atoms with Crippen LogP contribution in [-0.4, -0.2) is 10.4 Å². The van der Waals surface area contributed by atoms with Crippen LogP contribution in [0.3, 0.4) is 0 Å². The van der Waals surface area contributed by atoms with Crippen molar-refractivity contribution in [1.29, 1.82) is 0 Å². The molecule has 0 radical (unpaired) electrons. The Morgan fingerprint density at radius 2 is 2.00 bits per heavy atom. The Balaban J connectivity index is 2.82. The average molecular weight is 250 g/mol. The summed E-state index contributed by atoms with van der Waals surface area (Å²) in [6, 6.07) is 3.91. The van der Waals surface area contributed by atoms with Gasteiger partial charge in [0.05, 0.1) is 5.52 Å². The summed E-state index contributed by atoms with van der Waals surface area (Å²) < 4.78 is 2.12. The van der Waals surface area contributed by atoms with E-state index in [-0.39, 0.29) is 5.78 Å². The molecule has 0 N–H and O–H groups in total. The second-order valence-corrected chi connectivity index (χ2v) is 4.98. The molecule has 0 saturated carbocycles. The van der Waals surface area contributed by atoms with Crippen LogP contribution in [0.5, 0.6) is 0 Å². The number of fused-ring (bicyclic) bond motifs is 1. The molecule has 1 aromatic carbocycles. The molecule has 0 spiro atoms. The molecule has 2 nitrogen and oxygen atoms in total. The Morgan fingerprint density at radius 3 is 2.59 bits per heavy atom. The van der Waals surface area contributed by atoms with Crippen molar-refractivity contribution in [2.45, 2.75) is 27.2 Å². The number of aromatic nitrogens is 1. The number of halogens is 1. The van der Waals surface area contributed by atoms with Gasteiger partial charge in [-0.1, -0.05) is 17.7 Å². The van der Waals surface area contributed by atoms with E-state index in [9.17, 15) is 4.79 Å². The van der Waals surface area contributed by atoms with E-state index in [4.69, 9.17) is 11.6 Å². The quantitative estimate of drug-likeness (QED) is 0.797. The summed E-state index contributed by atoms with van der Waals surface area (Å²) in [6.45, 7) is 5.69. The minimum absolute atomic E-state index is 0.188. The zero-order valence-electron chi connectivity index (χ0n) is 10.6. The lowest BCUT2D eigenvalue weighted by Gasteiger charge is -2.03. The first-order valence-electron chi connectivity index (χ1n) is 5.66. The normalized spacial score (nSPS) is 11.1. The molecular formula is C14H16ClNO. The third-order valence-electron chi connectivity index (χ3n) is 3.39. The lowest BCUT2D eigenvalue weighted by atomic mass is 10.0. The number of carbonyl (C=O) groups excluding carboxylic acids is 1. The summed E-state index contributed by atoms with van der Waals surface area (Å²) in [4.78, 5) is 11.3. The standard InChI is InChI=1S/C14H16ClNO/c1-8(17)7-12-10(3)16(4)14-9(2)13(15)6-5-11(12)14/h5-6H,7H2,1-4H3. The highest BCUT2D eigenvalue weighted by Gasteiger charge is 2.15. The van der Waals surface area contributed by atoms with Crippen molar-refractivity contribution in [2.24, 2.45) is 7.05 Å². The van der Waals surface area contributed by atoms with Crippen LogP contribution in [-0.2, 0) is 18.3 Å². The highest BCUT2D eigenvalue weighted by atomic mass is 35.5. The van der Waals surface area contributed by atoms with Gasteiger partial charge in [-0.05, 0) is 38.0 Å². The number of benzene rings is 1. The van der Waals surface area contributed by atoms with Gasteiger partial charge >= 0.3 is 0 Å². The first-order valence-corrected chi connectivity index (χ1v) is 6.03. The topological polar surface area (TPSA) is 22.0 Å². The van der Waals surface area contributed by atoms with Crippen molar-refractivity contribution in [3.05, 3.63) is 34.0 Å². The number of hydrogen-bond donors (Lipinski definition) is 0. The summed E-state index contributed by atoms with van der Waals surface area (Å²) in [6.07, 6.45) is 0.490. The Bertz CT molecular complexity index is 610. The van der Waals surface area contributed by atoms with Crippen LogP contribution < -0.4 is 0 Å². The highest BCUT2D eigenvalue weighted by molar-refractivity contribution is 6.32. The molecule has 2 aromatic rings. The van der Waals surface area contributed by atoms with E-state index in [1.165, 1.54) is 0 Å². The van der Waals surface area contributed by atoms with Crippen LogP contribution in [0, 0.1) is 13.8 Å². The number of rotatable bonds is 2. The third kappa shape index (κ3) is 1.87. The maximum absolute atomic E-state index is 11.3. The van der Waals surface area contributed by atoms with Gasteiger partial charge in [0.25, 0.3) is 0 Å². The second-order valence-electron chi connectivity index (χ2n) is 4.57. The predicted octanol–water partition coefficient (Wildman–Crippen LogP) is 3.58. The van der Waals surface area contributed by atoms with E-state index in [1.54, 1.807) is 6.92 Å². The first kappa shape index (κ1) is 12.2. The van der Waals surface area contributed by atoms with Crippen molar-refractivity contribution in [2.75, 3.05) is 0 Å². The van der Waals surface area contributed by atoms with E-state index >= 15 is 0 Å². The molecule has 0 unspecified atom stereocenters. The number of carbonyl (C=O) groups is 1. The Labute approximate surface area is 106 Å². The van der Waals surface area contributed by atoms with Crippen LogP contribution in [0.25, 0.3) is 10.9 Å². The zero-order valence-corrected chi connectivity index (χ0v) is 11.4. The van der Waals surface area contributed by atoms with Gasteiger partial charge in [0.1, 0.15) is 5.78 Å². The maximum atomic E-state index is 11.3. The number of nitrogens with zero attached hydrogens (tertiary/aromatic N) is 1. The smallest absolute Gasteiger partial charge is 0.134 e. The molecule has 0 aliphatic rings. The fourth-order valence-electron chi connectivity index (χ4n) is 2.39. The van der Waals surface area contributed by atoms with E-state index in [0.717, 1.165) is 32.7 Å². The summed E-state index contributed by atoms with van der Waals surface area (Å²) in [5.74, 6) is 0.188. The van der Waals surface area contributed by atoms with Gasteiger partial charge < -0.3 is 4.57 Å². The summed E-state index contributed by atoms with van der Waals surface area (Å²) in [7, 11) is 2.02. The third-order valence-corrected chi connectivity index (χ3v) is 3.80. The number of Topliss-reactive ketones (excluding diaryl/α,β-unsaturated/α-hetero) is 1. The van der Waals surface area contributed by atoms with Crippen molar-refractivity contribution < 1.29 is 4.79 Å². The van der Waals surface area contributed by atoms with Crippen molar-refractivity contribution in [3.8, 4) is 0 Å². The Morgan fingerprint density at radius 1 is 1.35 bits per heavy atom. The highest BCUT2D eigenvalue weighted by Crippen LogP contribution is 2.31. The lowest BCUT2D eigenvalue weighted by Crippen LogP contribution is -1.99. The molecule has 3 heteroatoms. The molecule has 90 valence electrons. The molecule has 1 aromatic heterocycles. The molecule has 0 aliphatic carbocycles. The predicted molar refractivity (Wildman–Crippen MR) is 71.8 cm³/mol. The van der Waals surface area contributed by atoms with Gasteiger partial charge in [0, 0.05) is 29.6 Å². The molecule has 1 heterocycles. The molecule has 0 amide bonds. The number of ketones is 1. The Hall–Kier alpha value is -1.28. The lowest BCUT2D eigenvalue weighted by molar-refractivity contribution is -0.116. The second kappa shape index (κ2) is 4.19. The minimum atomic E-state index is 0.188. The zero-order chi connectivity index (χ0) is 12.7. The van der Waals surface area contributed by atoms with Gasteiger partial charge in [-0.25, -0.2) is 0 Å². The first-order chi connectivity index (χ1) is 7.93. The molecule has 0 aliphatic heterocycles. The maximum Gasteiger partial charge on any atom is 0.134 e. The summed E-state index contributed by atoms with van der Waals surface area (Å²) >= 11 is 6.15. The molecule has 2 rings (SSSR count). The summed E-state index contributed by atoms with van der Waals surface area (Å²) in [5, 5.41) is 1.91. The van der Waals surface area contributed by atoms with E-state index in [1.807, 2.05) is 33.0 Å². The van der Waals surface area contributed by atoms with Crippen LogP contribution >= 0.6 is 11.6 Å². The van der Waals surface area contributed by atoms with E-state index < -0.39 is 0 Å². The summed E-state index contributed by atoms with van der Waals surface area (Å²) in [5.41, 5.74) is 4.46. The van der Waals surface area contributed by atoms with Crippen molar-refractivity contribution in [3.63, 3.8) is 0 Å². The van der Waals surface area contributed by atoms with Crippen molar-refractivity contribution in [1.82, 2.24) is 4.57 Å². The molecule has 0 atom stereocenters. The average Bonchev–Trinajstić information content (AvgIpc) is 2.49. The SMILES string of the molecule is CC(=O)Cc1c(C)n(C)c2c(C)c(Cl)ccc12. The molecule has 0 saturated heterocycles. The molecule has 0 fully saturated rings.